The van der Waals surface area contributed by atoms with Crippen LogP contribution in [-0.2, 0) is 18.4 Å². The molecule has 1 aliphatic heterocycles. The summed E-state index contributed by atoms with van der Waals surface area (Å²) in [5.74, 6) is -0.0714. The van der Waals surface area contributed by atoms with Gasteiger partial charge in [-0.2, -0.15) is 0 Å². The molecule has 1 fully saturated rings. The molecule has 0 atom stereocenters. The molecule has 0 aliphatic carbocycles. The molecule has 0 aromatic heterocycles. The maximum Gasteiger partial charge on any atom is 0.308 e. The first-order chi connectivity index (χ1) is 8.26. The quantitative estimate of drug-likeness (QED) is 0.338. The molecule has 0 radical (unpaired) electrons. The number of carbonyl (C=O) groups excluding carboxylic acids is 1. The lowest BCUT2D eigenvalue weighted by Gasteiger charge is -2.42. The number of rotatable bonds is 5. The molecule has 0 amide bonds. The third-order valence-electron chi connectivity index (χ3n) is 2.93. The van der Waals surface area contributed by atoms with Crippen LogP contribution in [0.15, 0.2) is 12.8 Å². The molecule has 0 N–H and O–H groups in total. The van der Waals surface area contributed by atoms with Crippen molar-refractivity contribution < 1.29 is 18.4 Å². The van der Waals surface area contributed by atoms with Crippen LogP contribution in [0.1, 0.15) is 0 Å². The van der Waals surface area contributed by atoms with Crippen LogP contribution in [0.25, 0.3) is 0 Å². The second-order valence-electron chi connectivity index (χ2n) is 5.93. The number of hydrogen-bond donors (Lipinski definition) is 0. The Kier molecular flexibility index (Phi) is 5.18. The van der Waals surface area contributed by atoms with E-state index < -0.39 is 16.6 Å². The van der Waals surface area contributed by atoms with E-state index in [1.807, 2.05) is 0 Å². The molecular weight excluding hydrogens is 264 g/mol. The molecule has 0 saturated carbocycles. The molecule has 4 nitrogen and oxygen atoms in total. The average Bonchev–Trinajstić information content (AvgIpc) is 2.19. The zero-order chi connectivity index (χ0) is 13.8. The first kappa shape index (κ1) is 15.5. The van der Waals surface area contributed by atoms with Crippen molar-refractivity contribution >= 4 is 22.6 Å². The van der Waals surface area contributed by atoms with E-state index in [0.29, 0.717) is 13.2 Å². The van der Waals surface area contributed by atoms with Crippen molar-refractivity contribution in [2.45, 2.75) is 38.3 Å². The second-order valence-corrected chi connectivity index (χ2v) is 14.6. The highest BCUT2D eigenvalue weighted by molar-refractivity contribution is 6.86. The van der Waals surface area contributed by atoms with Crippen molar-refractivity contribution in [3.63, 3.8) is 0 Å². The lowest BCUT2D eigenvalue weighted by molar-refractivity contribution is -0.148. The van der Waals surface area contributed by atoms with Crippen molar-refractivity contribution in [1.82, 2.24) is 0 Å². The van der Waals surface area contributed by atoms with E-state index in [1.165, 1.54) is 6.26 Å². The summed E-state index contributed by atoms with van der Waals surface area (Å²) in [7, 11) is -3.39. The van der Waals surface area contributed by atoms with Gasteiger partial charge in [0.2, 0.25) is 0 Å². The Labute approximate surface area is 112 Å². The number of hydrogen-bond acceptors (Lipinski definition) is 4. The molecular formula is C12H24O4Si2. The standard InChI is InChI=1S/C12H24O4Si2/c1-6-14-7-8-15-12(13)11-9-17(2,3)16-18(4,5)10-11/h6,11H,1,7-10H2,2-5H3. The summed E-state index contributed by atoms with van der Waals surface area (Å²) in [4.78, 5) is 12.0. The summed E-state index contributed by atoms with van der Waals surface area (Å²) >= 11 is 0. The first-order valence-corrected chi connectivity index (χ1v) is 12.6. The molecule has 1 heterocycles. The Morgan fingerprint density at radius 1 is 1.28 bits per heavy atom. The molecule has 6 heteroatoms. The fourth-order valence-electron chi connectivity index (χ4n) is 2.65. The van der Waals surface area contributed by atoms with Crippen molar-refractivity contribution in [2.24, 2.45) is 5.92 Å². The maximum atomic E-state index is 12.0. The zero-order valence-electron chi connectivity index (χ0n) is 11.8. The molecule has 1 aliphatic rings. The van der Waals surface area contributed by atoms with Gasteiger partial charge in [-0.25, -0.2) is 0 Å². The summed E-state index contributed by atoms with van der Waals surface area (Å²) in [5, 5.41) is 0. The van der Waals surface area contributed by atoms with Crippen LogP contribution in [0.2, 0.25) is 38.3 Å². The Bertz CT molecular complexity index is 299. The summed E-state index contributed by atoms with van der Waals surface area (Å²) < 4.78 is 16.4. The van der Waals surface area contributed by atoms with E-state index in [-0.39, 0.29) is 11.9 Å². The molecule has 1 rings (SSSR count). The van der Waals surface area contributed by atoms with Gasteiger partial charge >= 0.3 is 5.97 Å². The number of ether oxygens (including phenoxy) is 2. The molecule has 1 saturated heterocycles. The van der Waals surface area contributed by atoms with Crippen LogP contribution < -0.4 is 0 Å². The van der Waals surface area contributed by atoms with E-state index in [9.17, 15) is 4.79 Å². The summed E-state index contributed by atoms with van der Waals surface area (Å²) in [5.41, 5.74) is 0. The summed E-state index contributed by atoms with van der Waals surface area (Å²) in [6.45, 7) is 12.8. The van der Waals surface area contributed by atoms with E-state index in [2.05, 4.69) is 32.8 Å². The largest absolute Gasteiger partial charge is 0.498 e. The highest BCUT2D eigenvalue weighted by Gasteiger charge is 2.45. The van der Waals surface area contributed by atoms with Crippen molar-refractivity contribution in [1.29, 1.82) is 0 Å². The number of carbonyl (C=O) groups is 1. The summed E-state index contributed by atoms with van der Waals surface area (Å²) in [6, 6.07) is 1.73. The lowest BCUT2D eigenvalue weighted by Crippen LogP contribution is -2.52. The Morgan fingerprint density at radius 2 is 1.83 bits per heavy atom. The predicted molar refractivity (Wildman–Crippen MR) is 76.3 cm³/mol. The third-order valence-corrected chi connectivity index (χ3v) is 10.3. The smallest absolute Gasteiger partial charge is 0.308 e. The predicted octanol–water partition coefficient (Wildman–Crippen LogP) is 2.75. The Hall–Kier alpha value is -0.596. The highest BCUT2D eigenvalue weighted by Crippen LogP contribution is 2.36. The number of esters is 1. The van der Waals surface area contributed by atoms with Gasteiger partial charge in [-0.15, -0.1) is 0 Å². The Balaban J connectivity index is 2.49. The lowest BCUT2D eigenvalue weighted by atomic mass is 10.2. The van der Waals surface area contributed by atoms with Crippen LogP contribution in [0.4, 0.5) is 0 Å². The van der Waals surface area contributed by atoms with E-state index >= 15 is 0 Å². The average molecular weight is 288 g/mol. The Morgan fingerprint density at radius 3 is 2.33 bits per heavy atom. The normalized spacial score (nSPS) is 22.2. The highest BCUT2D eigenvalue weighted by atomic mass is 28.4. The van der Waals surface area contributed by atoms with Gasteiger partial charge in [-0.1, -0.05) is 6.58 Å². The second kappa shape index (κ2) is 6.03. The maximum absolute atomic E-state index is 12.0. The molecule has 0 aromatic rings. The van der Waals surface area contributed by atoms with Crippen molar-refractivity contribution in [2.75, 3.05) is 13.2 Å². The van der Waals surface area contributed by atoms with E-state index in [0.717, 1.165) is 12.1 Å². The molecule has 104 valence electrons. The minimum absolute atomic E-state index is 0.0193. The van der Waals surface area contributed by atoms with Crippen molar-refractivity contribution in [3.8, 4) is 0 Å². The van der Waals surface area contributed by atoms with Crippen LogP contribution in [0.3, 0.4) is 0 Å². The SMILES string of the molecule is C=COCCOC(=O)C1C[Si](C)(C)O[Si](C)(C)C1. The molecule has 0 bridgehead atoms. The van der Waals surface area contributed by atoms with Gasteiger partial charge in [0.05, 0.1) is 12.2 Å². The first-order valence-electron chi connectivity index (χ1n) is 6.35. The monoisotopic (exact) mass is 288 g/mol. The molecule has 0 unspecified atom stereocenters. The fourth-order valence-corrected chi connectivity index (χ4v) is 12.6. The van der Waals surface area contributed by atoms with Gasteiger partial charge < -0.3 is 13.6 Å². The van der Waals surface area contributed by atoms with Crippen LogP contribution in [0.5, 0.6) is 0 Å². The molecule has 18 heavy (non-hydrogen) atoms. The van der Waals surface area contributed by atoms with E-state index in [4.69, 9.17) is 13.6 Å². The summed E-state index contributed by atoms with van der Waals surface area (Å²) in [6.07, 6.45) is 1.36. The molecule has 0 spiro atoms. The fraction of sp³-hybridized carbons (Fsp3) is 0.750. The van der Waals surface area contributed by atoms with Crippen LogP contribution in [-0.4, -0.2) is 35.8 Å². The van der Waals surface area contributed by atoms with Gasteiger partial charge in [0, 0.05) is 0 Å². The van der Waals surface area contributed by atoms with E-state index in [1.54, 1.807) is 0 Å². The zero-order valence-corrected chi connectivity index (χ0v) is 13.8. The molecule has 0 aromatic carbocycles. The van der Waals surface area contributed by atoms with Gasteiger partial charge in [0.1, 0.15) is 13.2 Å². The topological polar surface area (TPSA) is 44.8 Å². The van der Waals surface area contributed by atoms with Gasteiger partial charge in [-0.3, -0.25) is 4.79 Å². The minimum atomic E-state index is -1.69. The van der Waals surface area contributed by atoms with Crippen LogP contribution in [0, 0.1) is 5.92 Å². The van der Waals surface area contributed by atoms with Gasteiger partial charge in [-0.05, 0) is 38.3 Å². The van der Waals surface area contributed by atoms with Gasteiger partial charge in [0.15, 0.2) is 16.6 Å². The van der Waals surface area contributed by atoms with Gasteiger partial charge in [0.25, 0.3) is 0 Å². The third kappa shape index (κ3) is 4.95. The minimum Gasteiger partial charge on any atom is -0.498 e. The van der Waals surface area contributed by atoms with Crippen LogP contribution >= 0.6 is 0 Å². The van der Waals surface area contributed by atoms with Crippen molar-refractivity contribution in [3.05, 3.63) is 12.8 Å².